The zero-order valence-electron chi connectivity index (χ0n) is 11.8. The highest BCUT2D eigenvalue weighted by atomic mass is 79.9. The fourth-order valence-electron chi connectivity index (χ4n) is 3.72. The lowest BCUT2D eigenvalue weighted by Gasteiger charge is -2.48. The van der Waals surface area contributed by atoms with Gasteiger partial charge in [-0.05, 0) is 43.4 Å². The molecule has 2 aliphatic rings. The molecule has 1 aromatic carbocycles. The summed E-state index contributed by atoms with van der Waals surface area (Å²) in [6.45, 7) is -0.244. The van der Waals surface area contributed by atoms with Crippen molar-refractivity contribution < 1.29 is 14.6 Å². The second-order valence-electron chi connectivity index (χ2n) is 6.09. The molecule has 0 amide bonds. The van der Waals surface area contributed by atoms with Gasteiger partial charge in [0.1, 0.15) is 6.61 Å². The maximum Gasteiger partial charge on any atom is 0.329 e. The van der Waals surface area contributed by atoms with Gasteiger partial charge in [-0.25, -0.2) is 4.79 Å². The van der Waals surface area contributed by atoms with Crippen LogP contribution in [0.15, 0.2) is 28.7 Å². The largest absolute Gasteiger partial charge is 0.480 e. The van der Waals surface area contributed by atoms with Crippen LogP contribution in [0.2, 0.25) is 0 Å². The summed E-state index contributed by atoms with van der Waals surface area (Å²) in [5.41, 5.74) is 0.597. The summed E-state index contributed by atoms with van der Waals surface area (Å²) < 4.78 is 6.95. The molecule has 0 radical (unpaired) electrons. The average molecular weight is 354 g/mol. The van der Waals surface area contributed by atoms with Crippen molar-refractivity contribution in [2.75, 3.05) is 6.61 Å². The van der Waals surface area contributed by atoms with Gasteiger partial charge in [0.05, 0.1) is 5.60 Å². The van der Waals surface area contributed by atoms with E-state index in [1.54, 1.807) is 0 Å². The lowest BCUT2D eigenvalue weighted by atomic mass is 9.73. The van der Waals surface area contributed by atoms with Crippen LogP contribution in [-0.4, -0.2) is 29.8 Å². The first-order chi connectivity index (χ1) is 10.1. The van der Waals surface area contributed by atoms with Crippen LogP contribution in [0.1, 0.15) is 37.7 Å². The first-order valence-electron chi connectivity index (χ1n) is 7.45. The Morgan fingerprint density at radius 3 is 2.71 bits per heavy atom. The maximum atomic E-state index is 11.0. The standard InChI is InChI=1S/C16H20BrNO3/c17-12-4-1-3-11(7-12)16(21-10-15(19)20)8-13-5-2-6-14(9-16)18-13/h1,3-4,7,13-14,18H,2,5-6,8-10H2,(H,19,20). The Hall–Kier alpha value is -0.910. The number of ether oxygens (including phenoxy) is 1. The van der Waals surface area contributed by atoms with Crippen molar-refractivity contribution >= 4 is 21.9 Å². The van der Waals surface area contributed by atoms with E-state index >= 15 is 0 Å². The van der Waals surface area contributed by atoms with Crippen LogP contribution in [0.3, 0.4) is 0 Å². The smallest absolute Gasteiger partial charge is 0.329 e. The van der Waals surface area contributed by atoms with Gasteiger partial charge in [0.25, 0.3) is 0 Å². The number of benzene rings is 1. The van der Waals surface area contributed by atoms with E-state index in [1.165, 1.54) is 6.42 Å². The predicted molar refractivity (Wildman–Crippen MR) is 83.2 cm³/mol. The van der Waals surface area contributed by atoms with Crippen LogP contribution in [-0.2, 0) is 15.1 Å². The highest BCUT2D eigenvalue weighted by molar-refractivity contribution is 9.10. The summed E-state index contributed by atoms with van der Waals surface area (Å²) in [4.78, 5) is 11.0. The average Bonchev–Trinajstić information content (AvgIpc) is 2.45. The Labute approximate surface area is 133 Å². The summed E-state index contributed by atoms with van der Waals surface area (Å²) >= 11 is 3.51. The number of hydrogen-bond donors (Lipinski definition) is 2. The van der Waals surface area contributed by atoms with Crippen molar-refractivity contribution in [2.45, 2.75) is 49.8 Å². The SMILES string of the molecule is O=C(O)COC1(c2cccc(Br)c2)CC2CCCC(C1)N2. The zero-order valence-corrected chi connectivity index (χ0v) is 13.4. The van der Waals surface area contributed by atoms with Gasteiger partial charge >= 0.3 is 5.97 Å². The van der Waals surface area contributed by atoms with Crippen LogP contribution >= 0.6 is 15.9 Å². The summed E-state index contributed by atoms with van der Waals surface area (Å²) in [5, 5.41) is 12.7. The molecule has 0 spiro atoms. The number of carbonyl (C=O) groups is 1. The topological polar surface area (TPSA) is 58.6 Å². The fraction of sp³-hybridized carbons (Fsp3) is 0.562. The van der Waals surface area contributed by atoms with Gasteiger partial charge in [-0.15, -0.1) is 0 Å². The molecule has 114 valence electrons. The molecule has 0 aromatic heterocycles. The van der Waals surface area contributed by atoms with Crippen molar-refractivity contribution in [3.63, 3.8) is 0 Å². The Morgan fingerprint density at radius 1 is 1.38 bits per heavy atom. The highest BCUT2D eigenvalue weighted by Gasteiger charge is 2.44. The molecule has 2 saturated heterocycles. The number of nitrogens with one attached hydrogen (secondary N) is 1. The van der Waals surface area contributed by atoms with Crippen molar-refractivity contribution in [2.24, 2.45) is 0 Å². The Bertz CT molecular complexity index is 522. The van der Waals surface area contributed by atoms with Crippen LogP contribution in [0.4, 0.5) is 0 Å². The summed E-state index contributed by atoms with van der Waals surface area (Å²) in [5.74, 6) is -0.909. The fourth-order valence-corrected chi connectivity index (χ4v) is 4.12. The van der Waals surface area contributed by atoms with Crippen molar-refractivity contribution in [3.05, 3.63) is 34.3 Å². The summed E-state index contributed by atoms with van der Waals surface area (Å²) in [6.07, 6.45) is 5.21. The molecule has 2 aliphatic heterocycles. The van der Waals surface area contributed by atoms with E-state index in [1.807, 2.05) is 18.2 Å². The molecule has 2 heterocycles. The van der Waals surface area contributed by atoms with Gasteiger partial charge in [0, 0.05) is 16.6 Å². The van der Waals surface area contributed by atoms with Gasteiger partial charge in [0.2, 0.25) is 0 Å². The third kappa shape index (κ3) is 3.30. The molecule has 0 saturated carbocycles. The number of rotatable bonds is 4. The minimum Gasteiger partial charge on any atom is -0.480 e. The van der Waals surface area contributed by atoms with E-state index in [2.05, 4.69) is 27.3 Å². The molecular formula is C16H20BrNO3. The van der Waals surface area contributed by atoms with Crippen LogP contribution in [0.25, 0.3) is 0 Å². The molecule has 4 nitrogen and oxygen atoms in total. The molecule has 2 unspecified atom stereocenters. The van der Waals surface area contributed by atoms with Gasteiger partial charge in [-0.2, -0.15) is 0 Å². The van der Waals surface area contributed by atoms with Crippen molar-refractivity contribution in [3.8, 4) is 0 Å². The van der Waals surface area contributed by atoms with E-state index in [9.17, 15) is 4.79 Å². The number of aliphatic carboxylic acids is 1. The number of halogens is 1. The molecule has 3 rings (SSSR count). The molecular weight excluding hydrogens is 334 g/mol. The second kappa shape index (κ2) is 6.07. The Morgan fingerprint density at radius 2 is 2.10 bits per heavy atom. The Balaban J connectivity index is 1.92. The van der Waals surface area contributed by atoms with Crippen molar-refractivity contribution in [1.29, 1.82) is 0 Å². The highest BCUT2D eigenvalue weighted by Crippen LogP contribution is 2.43. The molecule has 21 heavy (non-hydrogen) atoms. The maximum absolute atomic E-state index is 11.0. The molecule has 2 N–H and O–H groups in total. The number of piperidine rings is 2. The van der Waals surface area contributed by atoms with Gasteiger partial charge in [-0.1, -0.05) is 34.5 Å². The molecule has 0 aliphatic carbocycles. The van der Waals surface area contributed by atoms with E-state index in [0.717, 1.165) is 35.7 Å². The van der Waals surface area contributed by atoms with Gasteiger partial charge in [-0.3, -0.25) is 0 Å². The summed E-state index contributed by atoms with van der Waals surface area (Å²) in [7, 11) is 0. The zero-order chi connectivity index (χ0) is 14.9. The molecule has 5 heteroatoms. The predicted octanol–water partition coefficient (Wildman–Crippen LogP) is 3.05. The first-order valence-corrected chi connectivity index (χ1v) is 8.24. The number of fused-ring (bicyclic) bond motifs is 2. The van der Waals surface area contributed by atoms with Crippen molar-refractivity contribution in [1.82, 2.24) is 5.32 Å². The van der Waals surface area contributed by atoms with Crippen LogP contribution in [0.5, 0.6) is 0 Å². The third-order valence-corrected chi connectivity index (χ3v) is 5.04. The molecule has 1 aromatic rings. The van der Waals surface area contributed by atoms with Crippen LogP contribution < -0.4 is 5.32 Å². The van der Waals surface area contributed by atoms with E-state index in [4.69, 9.17) is 9.84 Å². The summed E-state index contributed by atoms with van der Waals surface area (Å²) in [6, 6.07) is 8.92. The molecule has 2 atom stereocenters. The monoisotopic (exact) mass is 353 g/mol. The minimum atomic E-state index is -0.909. The Kier molecular flexibility index (Phi) is 4.33. The molecule has 2 bridgehead atoms. The van der Waals surface area contributed by atoms with Gasteiger partial charge in [0.15, 0.2) is 0 Å². The first kappa shape index (κ1) is 15.0. The number of hydrogen-bond acceptors (Lipinski definition) is 3. The lowest BCUT2D eigenvalue weighted by Crippen LogP contribution is -2.55. The van der Waals surface area contributed by atoms with Gasteiger partial charge < -0.3 is 15.2 Å². The lowest BCUT2D eigenvalue weighted by molar-refractivity contribution is -0.156. The van der Waals surface area contributed by atoms with Crippen LogP contribution in [0, 0.1) is 0 Å². The molecule has 2 fully saturated rings. The van der Waals surface area contributed by atoms with E-state index in [0.29, 0.717) is 12.1 Å². The van der Waals surface area contributed by atoms with E-state index < -0.39 is 11.6 Å². The number of carboxylic acids is 1. The quantitative estimate of drug-likeness (QED) is 0.873. The van der Waals surface area contributed by atoms with E-state index in [-0.39, 0.29) is 6.61 Å². The third-order valence-electron chi connectivity index (χ3n) is 4.55. The second-order valence-corrected chi connectivity index (χ2v) is 7.00. The minimum absolute atomic E-state index is 0.244. The normalized spacial score (nSPS) is 31.9. The number of carboxylic acid groups (broad SMARTS) is 1.